The van der Waals surface area contributed by atoms with Gasteiger partial charge in [-0.05, 0) is 0 Å². The van der Waals surface area contributed by atoms with E-state index in [4.69, 9.17) is 4.74 Å². The van der Waals surface area contributed by atoms with Crippen molar-refractivity contribution < 1.29 is 14.3 Å². The molecule has 1 heterocycles. The smallest absolute Gasteiger partial charge is 0.232 e. The molecule has 1 aliphatic rings. The molecule has 60 valence electrons. The summed E-state index contributed by atoms with van der Waals surface area (Å²) in [5.41, 5.74) is 0. The number of hydrogen-bond donors (Lipinski definition) is 0. The van der Waals surface area contributed by atoms with Crippen LogP contribution in [-0.2, 0) is 14.3 Å². The quantitative estimate of drug-likeness (QED) is 0.433. The van der Waals surface area contributed by atoms with E-state index < -0.39 is 0 Å². The summed E-state index contributed by atoms with van der Waals surface area (Å²) in [7, 11) is 0. The van der Waals surface area contributed by atoms with Gasteiger partial charge in [0.05, 0.1) is 6.26 Å². The Hall–Kier alpha value is -1.32. The monoisotopic (exact) mass is 155 g/mol. The standard InChI is InChI=1S/C7H9NO3/c1-2-11-5-8-6(9)3-4-7(8)10/h2H,1,3-5H2. The normalized spacial score (nSPS) is 17.3. The van der Waals surface area contributed by atoms with E-state index in [0.717, 1.165) is 4.90 Å². The van der Waals surface area contributed by atoms with Crippen molar-refractivity contribution in [1.82, 2.24) is 4.90 Å². The zero-order chi connectivity index (χ0) is 8.27. The molecule has 0 radical (unpaired) electrons. The highest BCUT2D eigenvalue weighted by atomic mass is 16.5. The van der Waals surface area contributed by atoms with Crippen LogP contribution >= 0.6 is 0 Å². The van der Waals surface area contributed by atoms with Gasteiger partial charge in [-0.3, -0.25) is 9.59 Å². The highest BCUT2D eigenvalue weighted by Gasteiger charge is 2.28. The Morgan fingerprint density at radius 3 is 2.45 bits per heavy atom. The van der Waals surface area contributed by atoms with Crippen LogP contribution in [-0.4, -0.2) is 23.4 Å². The average molecular weight is 155 g/mol. The molecule has 0 saturated carbocycles. The van der Waals surface area contributed by atoms with Gasteiger partial charge in [0.25, 0.3) is 0 Å². The van der Waals surface area contributed by atoms with Gasteiger partial charge in [-0.1, -0.05) is 6.58 Å². The van der Waals surface area contributed by atoms with Crippen LogP contribution in [0.15, 0.2) is 12.8 Å². The van der Waals surface area contributed by atoms with Crippen molar-refractivity contribution in [3.8, 4) is 0 Å². The number of hydrogen-bond acceptors (Lipinski definition) is 3. The predicted molar refractivity (Wildman–Crippen MR) is 37.2 cm³/mol. The number of carbonyl (C=O) groups excluding carboxylic acids is 2. The lowest BCUT2D eigenvalue weighted by Crippen LogP contribution is -2.30. The van der Waals surface area contributed by atoms with Crippen LogP contribution in [0.1, 0.15) is 12.8 Å². The molecule has 0 aromatic carbocycles. The van der Waals surface area contributed by atoms with Crippen molar-refractivity contribution in [3.63, 3.8) is 0 Å². The van der Waals surface area contributed by atoms with Gasteiger partial charge in [0, 0.05) is 12.8 Å². The SMILES string of the molecule is C=COCN1C(=O)CCC1=O. The predicted octanol–water partition coefficient (Wildman–Crippen LogP) is 0.253. The minimum atomic E-state index is -0.170. The zero-order valence-electron chi connectivity index (χ0n) is 6.08. The van der Waals surface area contributed by atoms with E-state index in [0.29, 0.717) is 12.8 Å². The number of carbonyl (C=O) groups is 2. The Morgan fingerprint density at radius 2 is 2.00 bits per heavy atom. The molecule has 4 nitrogen and oxygen atoms in total. The first kappa shape index (κ1) is 7.78. The molecule has 1 rings (SSSR count). The van der Waals surface area contributed by atoms with E-state index in [1.807, 2.05) is 0 Å². The van der Waals surface area contributed by atoms with Crippen LogP contribution < -0.4 is 0 Å². The van der Waals surface area contributed by atoms with Crippen molar-refractivity contribution in [3.05, 3.63) is 12.8 Å². The van der Waals surface area contributed by atoms with Crippen molar-refractivity contribution in [1.29, 1.82) is 0 Å². The van der Waals surface area contributed by atoms with Gasteiger partial charge in [-0.15, -0.1) is 0 Å². The third-order valence-corrected chi connectivity index (χ3v) is 1.48. The van der Waals surface area contributed by atoms with Gasteiger partial charge in [0.15, 0.2) is 6.73 Å². The molecule has 0 bridgehead atoms. The molecule has 11 heavy (non-hydrogen) atoms. The van der Waals surface area contributed by atoms with Gasteiger partial charge >= 0.3 is 0 Å². The highest BCUT2D eigenvalue weighted by molar-refractivity contribution is 6.01. The maximum atomic E-state index is 10.9. The lowest BCUT2D eigenvalue weighted by atomic mass is 10.4. The van der Waals surface area contributed by atoms with Crippen molar-refractivity contribution >= 4 is 11.8 Å². The summed E-state index contributed by atoms with van der Waals surface area (Å²) < 4.78 is 4.71. The number of imide groups is 1. The van der Waals surface area contributed by atoms with Crippen LogP contribution in [0.2, 0.25) is 0 Å². The van der Waals surface area contributed by atoms with E-state index in [1.54, 1.807) is 0 Å². The van der Waals surface area contributed by atoms with Crippen LogP contribution in [0.25, 0.3) is 0 Å². The summed E-state index contributed by atoms with van der Waals surface area (Å²) >= 11 is 0. The van der Waals surface area contributed by atoms with Crippen LogP contribution in [0.4, 0.5) is 0 Å². The maximum Gasteiger partial charge on any atom is 0.232 e. The summed E-state index contributed by atoms with van der Waals surface area (Å²) in [6.45, 7) is 3.30. The Morgan fingerprint density at radius 1 is 1.45 bits per heavy atom. The Balaban J connectivity index is 2.47. The molecule has 1 fully saturated rings. The molecule has 4 heteroatoms. The minimum absolute atomic E-state index is 0.00116. The van der Waals surface area contributed by atoms with Crippen LogP contribution in [0.5, 0.6) is 0 Å². The first-order chi connectivity index (χ1) is 5.25. The zero-order valence-corrected chi connectivity index (χ0v) is 6.08. The molecular weight excluding hydrogens is 146 g/mol. The molecular formula is C7H9NO3. The van der Waals surface area contributed by atoms with Gasteiger partial charge in [-0.25, -0.2) is 4.90 Å². The largest absolute Gasteiger partial charge is 0.481 e. The number of nitrogens with zero attached hydrogens (tertiary/aromatic N) is 1. The summed E-state index contributed by atoms with van der Waals surface area (Å²) in [5.74, 6) is -0.339. The Kier molecular flexibility index (Phi) is 2.25. The number of likely N-dealkylation sites (tertiary alicyclic amines) is 1. The molecule has 1 aliphatic heterocycles. The molecule has 0 aliphatic carbocycles. The van der Waals surface area contributed by atoms with Gasteiger partial charge in [0.2, 0.25) is 11.8 Å². The van der Waals surface area contributed by atoms with Gasteiger partial charge < -0.3 is 4.74 Å². The fraction of sp³-hybridized carbons (Fsp3) is 0.429. The maximum absolute atomic E-state index is 10.9. The molecule has 0 N–H and O–H groups in total. The van der Waals surface area contributed by atoms with Crippen LogP contribution in [0, 0.1) is 0 Å². The van der Waals surface area contributed by atoms with E-state index in [1.165, 1.54) is 6.26 Å². The van der Waals surface area contributed by atoms with E-state index in [2.05, 4.69) is 6.58 Å². The van der Waals surface area contributed by atoms with Gasteiger partial charge in [0.1, 0.15) is 0 Å². The summed E-state index contributed by atoms with van der Waals surface area (Å²) in [4.78, 5) is 22.8. The lowest BCUT2D eigenvalue weighted by Gasteiger charge is -2.11. The fourth-order valence-corrected chi connectivity index (χ4v) is 0.894. The molecule has 0 aromatic rings. The topological polar surface area (TPSA) is 46.6 Å². The number of ether oxygens (including phenoxy) is 1. The summed E-state index contributed by atoms with van der Waals surface area (Å²) in [6, 6.07) is 0. The molecule has 0 aromatic heterocycles. The first-order valence-corrected chi connectivity index (χ1v) is 3.31. The van der Waals surface area contributed by atoms with Gasteiger partial charge in [-0.2, -0.15) is 0 Å². The van der Waals surface area contributed by atoms with E-state index in [-0.39, 0.29) is 18.5 Å². The van der Waals surface area contributed by atoms with Crippen LogP contribution in [0.3, 0.4) is 0 Å². The minimum Gasteiger partial charge on any atom is -0.481 e. The van der Waals surface area contributed by atoms with E-state index >= 15 is 0 Å². The third-order valence-electron chi connectivity index (χ3n) is 1.48. The average Bonchev–Trinajstić information content (AvgIpc) is 2.29. The molecule has 1 saturated heterocycles. The van der Waals surface area contributed by atoms with Crippen molar-refractivity contribution in [2.45, 2.75) is 12.8 Å². The fourth-order valence-electron chi connectivity index (χ4n) is 0.894. The second-order valence-electron chi connectivity index (χ2n) is 2.18. The summed E-state index contributed by atoms with van der Waals surface area (Å²) in [6.07, 6.45) is 1.82. The number of amides is 2. The third kappa shape index (κ3) is 1.58. The Labute approximate surface area is 64.4 Å². The highest BCUT2D eigenvalue weighted by Crippen LogP contribution is 2.10. The molecule has 0 unspecified atom stereocenters. The molecule has 2 amide bonds. The van der Waals surface area contributed by atoms with E-state index in [9.17, 15) is 9.59 Å². The summed E-state index contributed by atoms with van der Waals surface area (Å²) in [5, 5.41) is 0. The molecule has 0 spiro atoms. The number of rotatable bonds is 3. The van der Waals surface area contributed by atoms with Crippen molar-refractivity contribution in [2.24, 2.45) is 0 Å². The Bertz CT molecular complexity index is 184. The second kappa shape index (κ2) is 3.18. The molecule has 0 atom stereocenters. The lowest BCUT2D eigenvalue weighted by molar-refractivity contribution is -0.142. The van der Waals surface area contributed by atoms with Crippen molar-refractivity contribution in [2.75, 3.05) is 6.73 Å². The first-order valence-electron chi connectivity index (χ1n) is 3.31. The second-order valence-corrected chi connectivity index (χ2v) is 2.18.